The molecule has 0 unspecified atom stereocenters. The fourth-order valence-electron chi connectivity index (χ4n) is 1.84. The van der Waals surface area contributed by atoms with E-state index in [0.29, 0.717) is 10.4 Å². The monoisotopic (exact) mass is 322 g/mol. The fourth-order valence-corrected chi connectivity index (χ4v) is 3.02. The number of aromatic carboxylic acids is 1. The van der Waals surface area contributed by atoms with Crippen molar-refractivity contribution >= 4 is 38.8 Å². The molecule has 0 bridgehead atoms. The summed E-state index contributed by atoms with van der Waals surface area (Å²) in [5.41, 5.74) is 0.951. The van der Waals surface area contributed by atoms with E-state index in [2.05, 4.69) is 20.9 Å². The number of hydrogen-bond donors (Lipinski definition) is 1. The van der Waals surface area contributed by atoms with Gasteiger partial charge in [0.15, 0.2) is 5.82 Å². The minimum Gasteiger partial charge on any atom is -0.477 e. The van der Waals surface area contributed by atoms with Crippen molar-refractivity contribution in [2.75, 3.05) is 0 Å². The molecule has 0 radical (unpaired) electrons. The standard InChI is InChI=1S/C12H7BrN2O2S/c13-10-7-3-1-4-8(12(16)17)15(7)11(14-10)9-5-2-6-18-9/h1-6H,(H,16,17). The Labute approximate surface area is 115 Å². The molecule has 0 saturated heterocycles. The highest BCUT2D eigenvalue weighted by Gasteiger charge is 2.17. The average Bonchev–Trinajstić information content (AvgIpc) is 2.97. The number of fused-ring (bicyclic) bond motifs is 1. The lowest BCUT2D eigenvalue weighted by molar-refractivity contribution is 0.0689. The lowest BCUT2D eigenvalue weighted by atomic mass is 10.3. The zero-order valence-electron chi connectivity index (χ0n) is 9.00. The molecule has 90 valence electrons. The Morgan fingerprint density at radius 3 is 2.83 bits per heavy atom. The molecule has 3 heterocycles. The number of nitrogens with zero attached hydrogens (tertiary/aromatic N) is 2. The number of aromatic nitrogens is 2. The summed E-state index contributed by atoms with van der Waals surface area (Å²) in [4.78, 5) is 16.6. The number of pyridine rings is 1. The first-order chi connectivity index (χ1) is 8.68. The Bertz CT molecular complexity index is 734. The van der Waals surface area contributed by atoms with Crippen LogP contribution in [-0.2, 0) is 0 Å². The normalized spacial score (nSPS) is 10.9. The van der Waals surface area contributed by atoms with E-state index in [4.69, 9.17) is 0 Å². The summed E-state index contributed by atoms with van der Waals surface area (Å²) < 4.78 is 2.30. The largest absolute Gasteiger partial charge is 0.477 e. The molecule has 0 saturated carbocycles. The second-order valence-electron chi connectivity index (χ2n) is 3.64. The molecule has 0 spiro atoms. The first-order valence-corrected chi connectivity index (χ1v) is 6.80. The van der Waals surface area contributed by atoms with Gasteiger partial charge in [0.05, 0.1) is 10.4 Å². The van der Waals surface area contributed by atoms with Gasteiger partial charge in [-0.3, -0.25) is 4.40 Å². The molecule has 3 rings (SSSR count). The van der Waals surface area contributed by atoms with Crippen molar-refractivity contribution in [2.24, 2.45) is 0 Å². The first-order valence-electron chi connectivity index (χ1n) is 5.12. The van der Waals surface area contributed by atoms with Gasteiger partial charge in [0.1, 0.15) is 10.3 Å². The summed E-state index contributed by atoms with van der Waals surface area (Å²) in [6.07, 6.45) is 0. The van der Waals surface area contributed by atoms with Gasteiger partial charge in [0.2, 0.25) is 0 Å². The molecular weight excluding hydrogens is 316 g/mol. The van der Waals surface area contributed by atoms with Crippen molar-refractivity contribution in [3.8, 4) is 10.7 Å². The molecule has 0 fully saturated rings. The Morgan fingerprint density at radius 1 is 1.33 bits per heavy atom. The van der Waals surface area contributed by atoms with Gasteiger partial charge in [0, 0.05) is 0 Å². The van der Waals surface area contributed by atoms with Crippen LogP contribution in [0.3, 0.4) is 0 Å². The van der Waals surface area contributed by atoms with E-state index in [0.717, 1.165) is 10.4 Å². The van der Waals surface area contributed by atoms with Gasteiger partial charge in [-0.15, -0.1) is 11.3 Å². The maximum Gasteiger partial charge on any atom is 0.352 e. The van der Waals surface area contributed by atoms with Crippen molar-refractivity contribution in [3.05, 3.63) is 46.0 Å². The molecule has 3 aromatic heterocycles. The molecule has 0 aliphatic carbocycles. The highest BCUT2D eigenvalue weighted by atomic mass is 79.9. The number of hydrogen-bond acceptors (Lipinski definition) is 3. The van der Waals surface area contributed by atoms with Gasteiger partial charge >= 0.3 is 5.97 Å². The van der Waals surface area contributed by atoms with Gasteiger partial charge in [-0.1, -0.05) is 12.1 Å². The van der Waals surface area contributed by atoms with Gasteiger partial charge in [-0.05, 0) is 39.5 Å². The average molecular weight is 323 g/mol. The smallest absolute Gasteiger partial charge is 0.352 e. The third-order valence-corrected chi connectivity index (χ3v) is 4.03. The van der Waals surface area contributed by atoms with Crippen LogP contribution in [0.2, 0.25) is 0 Å². The highest BCUT2D eigenvalue weighted by molar-refractivity contribution is 9.10. The van der Waals surface area contributed by atoms with E-state index in [1.807, 2.05) is 23.6 Å². The van der Waals surface area contributed by atoms with Crippen molar-refractivity contribution < 1.29 is 9.90 Å². The van der Waals surface area contributed by atoms with Crippen LogP contribution < -0.4 is 0 Å². The number of thiophene rings is 1. The number of imidazole rings is 1. The Hall–Kier alpha value is -1.66. The number of carboxylic acid groups (broad SMARTS) is 1. The van der Waals surface area contributed by atoms with Crippen LogP contribution >= 0.6 is 27.3 Å². The molecule has 4 nitrogen and oxygen atoms in total. The van der Waals surface area contributed by atoms with Crippen LogP contribution in [0.25, 0.3) is 16.2 Å². The maximum atomic E-state index is 11.3. The summed E-state index contributed by atoms with van der Waals surface area (Å²) in [7, 11) is 0. The van der Waals surface area contributed by atoms with Crippen LogP contribution in [0.4, 0.5) is 0 Å². The number of carboxylic acids is 1. The van der Waals surface area contributed by atoms with E-state index in [-0.39, 0.29) is 5.69 Å². The molecule has 0 atom stereocenters. The predicted octanol–water partition coefficient (Wildman–Crippen LogP) is 3.52. The van der Waals surface area contributed by atoms with E-state index >= 15 is 0 Å². The summed E-state index contributed by atoms with van der Waals surface area (Å²) >= 11 is 4.89. The number of carbonyl (C=O) groups is 1. The van der Waals surface area contributed by atoms with E-state index < -0.39 is 5.97 Å². The summed E-state index contributed by atoms with van der Waals surface area (Å²) in [6.45, 7) is 0. The van der Waals surface area contributed by atoms with E-state index in [1.165, 1.54) is 11.3 Å². The second-order valence-corrected chi connectivity index (χ2v) is 5.34. The maximum absolute atomic E-state index is 11.3. The van der Waals surface area contributed by atoms with Crippen LogP contribution in [0, 0.1) is 0 Å². The molecule has 0 amide bonds. The third-order valence-electron chi connectivity index (χ3n) is 2.58. The van der Waals surface area contributed by atoms with E-state index in [1.54, 1.807) is 16.5 Å². The molecular formula is C12H7BrN2O2S. The number of halogens is 1. The van der Waals surface area contributed by atoms with Gasteiger partial charge < -0.3 is 5.11 Å². The predicted molar refractivity (Wildman–Crippen MR) is 73.2 cm³/mol. The van der Waals surface area contributed by atoms with Crippen LogP contribution in [0.1, 0.15) is 10.5 Å². The highest BCUT2D eigenvalue weighted by Crippen LogP contribution is 2.30. The van der Waals surface area contributed by atoms with Crippen LogP contribution in [0.5, 0.6) is 0 Å². The summed E-state index contributed by atoms with van der Waals surface area (Å²) in [6, 6.07) is 8.95. The van der Waals surface area contributed by atoms with Crippen molar-refractivity contribution in [1.29, 1.82) is 0 Å². The first kappa shape index (κ1) is 11.4. The van der Waals surface area contributed by atoms with Crippen LogP contribution in [-0.4, -0.2) is 20.5 Å². The third kappa shape index (κ3) is 1.65. The molecule has 3 aromatic rings. The van der Waals surface area contributed by atoms with Gasteiger partial charge in [-0.2, -0.15) is 0 Å². The molecule has 0 aromatic carbocycles. The molecule has 0 aliphatic heterocycles. The quantitative estimate of drug-likeness (QED) is 0.785. The van der Waals surface area contributed by atoms with Gasteiger partial charge in [0.25, 0.3) is 0 Å². The Kier molecular flexibility index (Phi) is 2.68. The van der Waals surface area contributed by atoms with Gasteiger partial charge in [-0.25, -0.2) is 9.78 Å². The second kappa shape index (κ2) is 4.22. The molecule has 1 N–H and O–H groups in total. The minimum absolute atomic E-state index is 0.203. The SMILES string of the molecule is O=C(O)c1cccc2c(Br)nc(-c3cccs3)n12. The van der Waals surface area contributed by atoms with Crippen LogP contribution in [0.15, 0.2) is 40.3 Å². The zero-order valence-corrected chi connectivity index (χ0v) is 11.4. The Morgan fingerprint density at radius 2 is 2.17 bits per heavy atom. The summed E-state index contributed by atoms with van der Waals surface area (Å²) in [5.74, 6) is -0.326. The molecule has 0 aliphatic rings. The summed E-state index contributed by atoms with van der Waals surface area (Å²) in [5, 5.41) is 11.2. The zero-order chi connectivity index (χ0) is 12.7. The van der Waals surface area contributed by atoms with E-state index in [9.17, 15) is 9.90 Å². The lowest BCUT2D eigenvalue weighted by Crippen LogP contribution is -2.05. The van der Waals surface area contributed by atoms with Crippen molar-refractivity contribution in [1.82, 2.24) is 9.38 Å². The Balaban J connectivity index is 2.43. The molecule has 18 heavy (non-hydrogen) atoms. The minimum atomic E-state index is -0.969. The van der Waals surface area contributed by atoms with Crippen molar-refractivity contribution in [2.45, 2.75) is 0 Å². The topological polar surface area (TPSA) is 54.6 Å². The number of rotatable bonds is 2. The lowest BCUT2D eigenvalue weighted by Gasteiger charge is -2.03. The molecule has 6 heteroatoms. The fraction of sp³-hybridized carbons (Fsp3) is 0. The van der Waals surface area contributed by atoms with Crippen molar-refractivity contribution in [3.63, 3.8) is 0 Å².